The van der Waals surface area contributed by atoms with Crippen LogP contribution < -0.4 is 5.14 Å². The molecule has 0 saturated carbocycles. The maximum atomic E-state index is 12.0. The highest BCUT2D eigenvalue weighted by atomic mass is 32.2. The number of thiophene rings is 2. The van der Waals surface area contributed by atoms with Crippen LogP contribution in [0.5, 0.6) is 0 Å². The first-order chi connectivity index (χ1) is 10.4. The molecule has 0 radical (unpaired) electrons. The van der Waals surface area contributed by atoms with Crippen molar-refractivity contribution in [3.8, 4) is 0 Å². The van der Waals surface area contributed by atoms with Gasteiger partial charge in [0.1, 0.15) is 10.8 Å². The molecule has 114 valence electrons. The Hall–Kier alpha value is -1.74. The molecule has 3 aromatic rings. The topological polar surface area (TPSA) is 86.5 Å². The van der Waals surface area contributed by atoms with Gasteiger partial charge in [-0.3, -0.25) is 0 Å². The van der Waals surface area contributed by atoms with Gasteiger partial charge in [0, 0.05) is 15.6 Å². The summed E-state index contributed by atoms with van der Waals surface area (Å²) in [6, 6.07) is 9.09. The minimum atomic E-state index is -3.79. The van der Waals surface area contributed by atoms with Crippen LogP contribution in [-0.4, -0.2) is 14.4 Å². The van der Waals surface area contributed by atoms with Crippen molar-refractivity contribution in [1.82, 2.24) is 0 Å². The fraction of sp³-hybridized carbons (Fsp3) is 0.0714. The number of hydrogen-bond donors (Lipinski definition) is 1. The molecule has 1 aromatic carbocycles. The van der Waals surface area contributed by atoms with Crippen molar-refractivity contribution in [3.63, 3.8) is 0 Å². The van der Waals surface area contributed by atoms with E-state index >= 15 is 0 Å². The quantitative estimate of drug-likeness (QED) is 0.731. The number of hydrogen-bond acceptors (Lipinski definition) is 6. The number of primary sulfonamides is 1. The van der Waals surface area contributed by atoms with Crippen LogP contribution in [0.15, 0.2) is 45.3 Å². The summed E-state index contributed by atoms with van der Waals surface area (Å²) in [6.45, 7) is 0.142. The van der Waals surface area contributed by atoms with Crippen LogP contribution in [-0.2, 0) is 21.4 Å². The van der Waals surface area contributed by atoms with Crippen molar-refractivity contribution in [3.05, 3.63) is 52.2 Å². The molecule has 0 aliphatic carbocycles. The van der Waals surface area contributed by atoms with E-state index in [1.165, 1.54) is 11.4 Å². The summed E-state index contributed by atoms with van der Waals surface area (Å²) < 4.78 is 28.7. The molecule has 2 aromatic heterocycles. The standard InChI is InChI=1S/C14H11NO4S3/c15-22(17,18)13-5-9(7-21-13)14(16)19-6-10-8-20-12-4-2-1-3-11(10)12/h1-5,7-8H,6H2,(H2,15,17,18). The summed E-state index contributed by atoms with van der Waals surface area (Å²) >= 11 is 2.48. The van der Waals surface area contributed by atoms with E-state index < -0.39 is 16.0 Å². The van der Waals surface area contributed by atoms with Crippen molar-refractivity contribution in [2.24, 2.45) is 5.14 Å². The van der Waals surface area contributed by atoms with Gasteiger partial charge in [0.05, 0.1) is 5.56 Å². The number of carbonyl (C=O) groups is 1. The molecule has 0 amide bonds. The van der Waals surface area contributed by atoms with Crippen LogP contribution in [0.1, 0.15) is 15.9 Å². The third-order valence-electron chi connectivity index (χ3n) is 3.01. The molecule has 8 heteroatoms. The SMILES string of the molecule is NS(=O)(=O)c1cc(C(=O)OCc2csc3ccccc23)cs1. The van der Waals surface area contributed by atoms with Crippen molar-refractivity contribution in [1.29, 1.82) is 0 Å². The lowest BCUT2D eigenvalue weighted by atomic mass is 10.2. The average Bonchev–Trinajstić information content (AvgIpc) is 3.11. The third-order valence-corrected chi connectivity index (χ3v) is 6.41. The number of ether oxygens (including phenoxy) is 1. The van der Waals surface area contributed by atoms with Crippen LogP contribution in [0.2, 0.25) is 0 Å². The van der Waals surface area contributed by atoms with E-state index in [0.717, 1.165) is 27.0 Å². The number of fused-ring (bicyclic) bond motifs is 1. The Balaban J connectivity index is 1.74. The van der Waals surface area contributed by atoms with Gasteiger partial charge < -0.3 is 4.74 Å². The second-order valence-corrected chi connectivity index (χ2v) is 8.14. The zero-order chi connectivity index (χ0) is 15.7. The van der Waals surface area contributed by atoms with Crippen molar-refractivity contribution in [2.75, 3.05) is 0 Å². The predicted octanol–water partition coefficient (Wildman–Crippen LogP) is 2.97. The van der Waals surface area contributed by atoms with E-state index in [4.69, 9.17) is 9.88 Å². The lowest BCUT2D eigenvalue weighted by molar-refractivity contribution is 0.0475. The monoisotopic (exact) mass is 353 g/mol. The number of benzene rings is 1. The fourth-order valence-electron chi connectivity index (χ4n) is 1.94. The number of sulfonamides is 1. The summed E-state index contributed by atoms with van der Waals surface area (Å²) in [6.07, 6.45) is 0. The van der Waals surface area contributed by atoms with Crippen molar-refractivity contribution < 1.29 is 17.9 Å². The molecule has 2 heterocycles. The van der Waals surface area contributed by atoms with Crippen LogP contribution >= 0.6 is 22.7 Å². The zero-order valence-corrected chi connectivity index (χ0v) is 13.6. The third kappa shape index (κ3) is 3.05. The summed E-state index contributed by atoms with van der Waals surface area (Å²) in [4.78, 5) is 12.0. The summed E-state index contributed by atoms with van der Waals surface area (Å²) in [5.41, 5.74) is 1.12. The zero-order valence-electron chi connectivity index (χ0n) is 11.2. The van der Waals surface area contributed by atoms with E-state index in [1.807, 2.05) is 29.6 Å². The Labute approximate surface area is 135 Å². The number of nitrogens with two attached hydrogens (primary N) is 1. The van der Waals surface area contributed by atoms with Gasteiger partial charge in [-0.1, -0.05) is 18.2 Å². The molecule has 0 saturated heterocycles. The van der Waals surface area contributed by atoms with E-state index in [1.54, 1.807) is 11.3 Å². The molecule has 2 N–H and O–H groups in total. The smallest absolute Gasteiger partial charge is 0.339 e. The Morgan fingerprint density at radius 3 is 2.68 bits per heavy atom. The van der Waals surface area contributed by atoms with Crippen molar-refractivity contribution in [2.45, 2.75) is 10.8 Å². The number of rotatable bonds is 4. The second kappa shape index (κ2) is 5.81. The second-order valence-electron chi connectivity index (χ2n) is 4.53. The largest absolute Gasteiger partial charge is 0.457 e. The minimum Gasteiger partial charge on any atom is -0.457 e. The number of esters is 1. The first kappa shape index (κ1) is 15.2. The summed E-state index contributed by atoms with van der Waals surface area (Å²) in [5.74, 6) is -0.568. The van der Waals surface area contributed by atoms with Crippen LogP contribution in [0.3, 0.4) is 0 Å². The van der Waals surface area contributed by atoms with Crippen LogP contribution in [0.4, 0.5) is 0 Å². The Morgan fingerprint density at radius 1 is 1.18 bits per heavy atom. The molecular formula is C14H11NO4S3. The van der Waals surface area contributed by atoms with E-state index in [0.29, 0.717) is 0 Å². The van der Waals surface area contributed by atoms with Gasteiger partial charge in [0.2, 0.25) is 10.0 Å². The maximum Gasteiger partial charge on any atom is 0.339 e. The highest BCUT2D eigenvalue weighted by Gasteiger charge is 2.16. The highest BCUT2D eigenvalue weighted by molar-refractivity contribution is 7.91. The molecule has 3 rings (SSSR count). The van der Waals surface area contributed by atoms with Crippen LogP contribution in [0.25, 0.3) is 10.1 Å². The fourth-order valence-corrected chi connectivity index (χ4v) is 4.47. The van der Waals surface area contributed by atoms with Gasteiger partial charge in [0.25, 0.3) is 0 Å². The highest BCUT2D eigenvalue weighted by Crippen LogP contribution is 2.26. The predicted molar refractivity (Wildman–Crippen MR) is 86.6 cm³/mol. The molecule has 5 nitrogen and oxygen atoms in total. The molecule has 0 fully saturated rings. The van der Waals surface area contributed by atoms with Gasteiger partial charge in [-0.25, -0.2) is 18.4 Å². The van der Waals surface area contributed by atoms with Gasteiger partial charge >= 0.3 is 5.97 Å². The van der Waals surface area contributed by atoms with Gasteiger partial charge in [-0.15, -0.1) is 22.7 Å². The lowest BCUT2D eigenvalue weighted by Crippen LogP contribution is -2.10. The van der Waals surface area contributed by atoms with Gasteiger partial charge in [-0.2, -0.15) is 0 Å². The maximum absolute atomic E-state index is 12.0. The van der Waals surface area contributed by atoms with Gasteiger partial charge in [0.15, 0.2) is 0 Å². The lowest BCUT2D eigenvalue weighted by Gasteiger charge is -2.02. The van der Waals surface area contributed by atoms with E-state index in [2.05, 4.69) is 0 Å². The summed E-state index contributed by atoms with van der Waals surface area (Å²) in [7, 11) is -3.79. The van der Waals surface area contributed by atoms with Gasteiger partial charge in [-0.05, 0) is 22.9 Å². The van der Waals surface area contributed by atoms with E-state index in [9.17, 15) is 13.2 Å². The Bertz CT molecular complexity index is 940. The average molecular weight is 353 g/mol. The molecule has 0 unspecified atom stereocenters. The Kier molecular flexibility index (Phi) is 4.00. The first-order valence-electron chi connectivity index (χ1n) is 6.19. The van der Waals surface area contributed by atoms with Crippen molar-refractivity contribution >= 4 is 48.8 Å². The number of carbonyl (C=O) groups excluding carboxylic acids is 1. The van der Waals surface area contributed by atoms with Crippen LogP contribution in [0, 0.1) is 0 Å². The summed E-state index contributed by atoms with van der Waals surface area (Å²) in [5, 5.41) is 9.44. The molecule has 0 aliphatic rings. The van der Waals surface area contributed by atoms with E-state index in [-0.39, 0.29) is 16.4 Å². The molecule has 0 atom stereocenters. The molecule has 0 spiro atoms. The molecule has 0 bridgehead atoms. The minimum absolute atomic E-state index is 0.0552. The molecule has 22 heavy (non-hydrogen) atoms. The normalized spacial score (nSPS) is 11.7. The molecular weight excluding hydrogens is 342 g/mol. The first-order valence-corrected chi connectivity index (χ1v) is 9.49. The Morgan fingerprint density at radius 2 is 1.95 bits per heavy atom. The molecule has 0 aliphatic heterocycles.